The second-order valence-corrected chi connectivity index (χ2v) is 6.88. The third-order valence-electron chi connectivity index (χ3n) is 3.67. The molecule has 0 bridgehead atoms. The van der Waals surface area contributed by atoms with Gasteiger partial charge in [-0.1, -0.05) is 41.9 Å². The smallest absolute Gasteiger partial charge is 0.268 e. The van der Waals surface area contributed by atoms with Crippen LogP contribution in [0.1, 0.15) is 16.7 Å². The van der Waals surface area contributed by atoms with Crippen LogP contribution in [-0.4, -0.2) is 16.0 Å². The van der Waals surface area contributed by atoms with E-state index in [-0.39, 0.29) is 17.0 Å². The number of hydrogen-bond acceptors (Lipinski definition) is 3. The lowest BCUT2D eigenvalue weighted by molar-refractivity contribution is -0.137. The second-order valence-electron chi connectivity index (χ2n) is 5.48. The maximum absolute atomic E-state index is 12.8. The summed E-state index contributed by atoms with van der Waals surface area (Å²) in [5.41, 5.74) is -0.0126. The van der Waals surface area contributed by atoms with Crippen molar-refractivity contribution in [2.75, 3.05) is 0 Å². The van der Waals surface area contributed by atoms with Gasteiger partial charge in [0.25, 0.3) is 11.1 Å². The Labute approximate surface area is 156 Å². The maximum Gasteiger partial charge on any atom is 0.416 e. The number of hydrogen-bond donors (Lipinski definition) is 0. The summed E-state index contributed by atoms with van der Waals surface area (Å²) in [4.78, 5) is 25.7. The number of carbonyl (C=O) groups excluding carboxylic acids is 2. The van der Waals surface area contributed by atoms with Crippen molar-refractivity contribution in [3.8, 4) is 0 Å². The Morgan fingerprint density at radius 2 is 1.81 bits per heavy atom. The van der Waals surface area contributed by atoms with Gasteiger partial charge in [-0.2, -0.15) is 13.2 Å². The van der Waals surface area contributed by atoms with Gasteiger partial charge in [-0.15, -0.1) is 0 Å². The third kappa shape index (κ3) is 3.94. The third-order valence-corrected chi connectivity index (χ3v) is 4.95. The Morgan fingerprint density at radius 3 is 2.50 bits per heavy atom. The quantitative estimate of drug-likeness (QED) is 0.633. The van der Waals surface area contributed by atoms with E-state index < -0.39 is 22.9 Å². The van der Waals surface area contributed by atoms with Gasteiger partial charge in [-0.25, -0.2) is 0 Å². The van der Waals surface area contributed by atoms with E-state index >= 15 is 0 Å². The summed E-state index contributed by atoms with van der Waals surface area (Å²) < 4.78 is 38.4. The van der Waals surface area contributed by atoms with Crippen LogP contribution in [0.25, 0.3) is 6.08 Å². The van der Waals surface area contributed by atoms with Gasteiger partial charge in [0.2, 0.25) is 0 Å². The summed E-state index contributed by atoms with van der Waals surface area (Å²) in [6.07, 6.45) is -3.19. The summed E-state index contributed by atoms with van der Waals surface area (Å²) in [6, 6.07) is 11.4. The number of alkyl halides is 3. The zero-order valence-electron chi connectivity index (χ0n) is 13.1. The number of carbonyl (C=O) groups is 2. The van der Waals surface area contributed by atoms with E-state index in [1.165, 1.54) is 18.2 Å². The number of nitrogens with zero attached hydrogens (tertiary/aromatic N) is 1. The molecule has 3 nitrogen and oxygen atoms in total. The number of halogens is 4. The van der Waals surface area contributed by atoms with Gasteiger partial charge in [0, 0.05) is 5.02 Å². The topological polar surface area (TPSA) is 37.4 Å². The molecule has 1 fully saturated rings. The molecule has 1 heterocycles. The molecule has 0 N–H and O–H groups in total. The van der Waals surface area contributed by atoms with E-state index in [9.17, 15) is 22.8 Å². The lowest BCUT2D eigenvalue weighted by Crippen LogP contribution is -2.27. The van der Waals surface area contributed by atoms with Crippen LogP contribution in [0.15, 0.2) is 53.4 Å². The fourth-order valence-electron chi connectivity index (χ4n) is 2.39. The van der Waals surface area contributed by atoms with Crippen LogP contribution in [0, 0.1) is 0 Å². The van der Waals surface area contributed by atoms with Crippen LogP contribution in [0.5, 0.6) is 0 Å². The highest BCUT2D eigenvalue weighted by molar-refractivity contribution is 8.18. The minimum absolute atomic E-state index is 0.00424. The van der Waals surface area contributed by atoms with E-state index in [0.717, 1.165) is 17.0 Å². The molecule has 0 aliphatic carbocycles. The number of rotatable bonds is 3. The zero-order valence-corrected chi connectivity index (χ0v) is 14.7. The number of imide groups is 1. The van der Waals surface area contributed by atoms with Crippen LogP contribution in [0.3, 0.4) is 0 Å². The molecular weight excluding hydrogens is 387 g/mol. The number of benzene rings is 2. The average Bonchev–Trinajstić information content (AvgIpc) is 2.84. The highest BCUT2D eigenvalue weighted by Gasteiger charge is 2.35. The Kier molecular flexibility index (Phi) is 5.11. The van der Waals surface area contributed by atoms with Crippen molar-refractivity contribution >= 4 is 40.6 Å². The molecule has 3 rings (SSSR count). The van der Waals surface area contributed by atoms with Crippen molar-refractivity contribution in [2.45, 2.75) is 12.7 Å². The van der Waals surface area contributed by atoms with Gasteiger partial charge in [0.15, 0.2) is 0 Å². The molecule has 8 heteroatoms. The van der Waals surface area contributed by atoms with E-state index in [1.54, 1.807) is 24.3 Å². The lowest BCUT2D eigenvalue weighted by Gasteiger charge is -2.13. The normalized spacial score (nSPS) is 16.6. The number of thioether (sulfide) groups is 1. The molecule has 0 radical (unpaired) electrons. The fourth-order valence-corrected chi connectivity index (χ4v) is 3.42. The summed E-state index contributed by atoms with van der Waals surface area (Å²) >= 11 is 6.74. The molecule has 0 atom stereocenters. The summed E-state index contributed by atoms with van der Waals surface area (Å²) in [7, 11) is 0. The van der Waals surface area contributed by atoms with Gasteiger partial charge >= 0.3 is 6.18 Å². The first-order chi connectivity index (χ1) is 12.3. The first kappa shape index (κ1) is 18.5. The van der Waals surface area contributed by atoms with Crippen molar-refractivity contribution in [1.29, 1.82) is 0 Å². The molecule has 26 heavy (non-hydrogen) atoms. The first-order valence-corrected chi connectivity index (χ1v) is 8.61. The molecule has 0 saturated carbocycles. The van der Waals surface area contributed by atoms with Crippen LogP contribution in [0.4, 0.5) is 18.0 Å². The van der Waals surface area contributed by atoms with E-state index in [0.29, 0.717) is 22.3 Å². The Bertz CT molecular complexity index is 911. The predicted molar refractivity (Wildman–Crippen MR) is 94.4 cm³/mol. The molecular formula is C18H11ClF3NO2S. The summed E-state index contributed by atoms with van der Waals surface area (Å²) in [5, 5.41) is -0.0680. The van der Waals surface area contributed by atoms with Gasteiger partial charge in [-0.05, 0) is 47.2 Å². The van der Waals surface area contributed by atoms with E-state index in [1.807, 2.05) is 0 Å². The largest absolute Gasteiger partial charge is 0.416 e. The monoisotopic (exact) mass is 397 g/mol. The molecule has 0 spiro atoms. The fraction of sp³-hybridized carbons (Fsp3) is 0.111. The minimum atomic E-state index is -4.48. The van der Waals surface area contributed by atoms with Gasteiger partial charge in [0.05, 0.1) is 17.0 Å². The van der Waals surface area contributed by atoms with E-state index in [2.05, 4.69) is 0 Å². The highest BCUT2D eigenvalue weighted by atomic mass is 35.5. The minimum Gasteiger partial charge on any atom is -0.268 e. The Balaban J connectivity index is 1.85. The van der Waals surface area contributed by atoms with Crippen LogP contribution in [0.2, 0.25) is 5.02 Å². The maximum atomic E-state index is 12.8. The molecule has 134 valence electrons. The standard InChI is InChI=1S/C18H11ClF3NO2S/c19-14-7-2-1-5-12(14)10-23-16(24)15(26-17(23)25)9-11-4-3-6-13(8-11)18(20,21)22/h1-9H,10H2/b15-9-. The van der Waals surface area contributed by atoms with Crippen molar-refractivity contribution in [3.63, 3.8) is 0 Å². The summed E-state index contributed by atoms with van der Waals surface area (Å²) in [5.74, 6) is -0.558. The van der Waals surface area contributed by atoms with Crippen molar-refractivity contribution < 1.29 is 22.8 Å². The Morgan fingerprint density at radius 1 is 1.08 bits per heavy atom. The van der Waals surface area contributed by atoms with Crippen LogP contribution < -0.4 is 0 Å². The van der Waals surface area contributed by atoms with Crippen molar-refractivity contribution in [3.05, 3.63) is 75.1 Å². The van der Waals surface area contributed by atoms with Gasteiger partial charge < -0.3 is 0 Å². The lowest BCUT2D eigenvalue weighted by atomic mass is 10.1. The average molecular weight is 398 g/mol. The SMILES string of the molecule is O=C1S/C(=C\c2cccc(C(F)(F)F)c2)C(=O)N1Cc1ccccc1Cl. The van der Waals surface area contributed by atoms with Crippen LogP contribution >= 0.6 is 23.4 Å². The van der Waals surface area contributed by atoms with E-state index in [4.69, 9.17) is 11.6 Å². The number of amides is 2. The van der Waals surface area contributed by atoms with Crippen molar-refractivity contribution in [1.82, 2.24) is 4.90 Å². The first-order valence-electron chi connectivity index (χ1n) is 7.42. The van der Waals surface area contributed by atoms with Crippen molar-refractivity contribution in [2.24, 2.45) is 0 Å². The predicted octanol–water partition coefficient (Wildman–Crippen LogP) is 5.60. The molecule has 1 saturated heterocycles. The molecule has 2 amide bonds. The molecule has 1 aliphatic heterocycles. The zero-order chi connectivity index (χ0) is 18.9. The van der Waals surface area contributed by atoms with Gasteiger partial charge in [0.1, 0.15) is 0 Å². The molecule has 0 unspecified atom stereocenters. The molecule has 2 aromatic carbocycles. The molecule has 2 aromatic rings. The van der Waals surface area contributed by atoms with Gasteiger partial charge in [-0.3, -0.25) is 14.5 Å². The molecule has 1 aliphatic rings. The second kappa shape index (κ2) is 7.17. The van der Waals surface area contributed by atoms with Crippen LogP contribution in [-0.2, 0) is 17.5 Å². The molecule has 0 aromatic heterocycles. The Hall–Kier alpha value is -2.25. The summed E-state index contributed by atoms with van der Waals surface area (Å²) in [6.45, 7) is 0.00424. The highest BCUT2D eigenvalue weighted by Crippen LogP contribution is 2.35.